The van der Waals surface area contributed by atoms with E-state index in [0.717, 1.165) is 22.7 Å². The predicted molar refractivity (Wildman–Crippen MR) is 81.8 cm³/mol. The first-order valence-corrected chi connectivity index (χ1v) is 6.74. The van der Waals surface area contributed by atoms with Crippen molar-refractivity contribution in [1.82, 2.24) is 4.98 Å². The molecule has 1 heterocycles. The molecule has 0 saturated carbocycles. The van der Waals surface area contributed by atoms with Crippen molar-refractivity contribution in [1.29, 1.82) is 0 Å². The number of halogens is 1. The first-order valence-electron chi connectivity index (χ1n) is 6.74. The normalized spacial score (nSPS) is 12.3. The third-order valence-electron chi connectivity index (χ3n) is 3.46. The average Bonchev–Trinajstić information content (AvgIpc) is 2.47. The molecule has 0 aliphatic carbocycles. The van der Waals surface area contributed by atoms with Crippen LogP contribution >= 0.6 is 0 Å². The number of pyridine rings is 1. The Morgan fingerprint density at radius 2 is 1.95 bits per heavy atom. The molecule has 21 heavy (non-hydrogen) atoms. The minimum Gasteiger partial charge on any atom is -0.508 e. The first kappa shape index (κ1) is 13.4. The minimum absolute atomic E-state index is 0.0738. The second kappa shape index (κ2) is 5.40. The quantitative estimate of drug-likeness (QED) is 0.754. The van der Waals surface area contributed by atoms with Crippen molar-refractivity contribution in [3.8, 4) is 5.75 Å². The number of fused-ring (bicyclic) bond motifs is 1. The Labute approximate surface area is 122 Å². The van der Waals surface area contributed by atoms with E-state index >= 15 is 0 Å². The third kappa shape index (κ3) is 2.65. The maximum absolute atomic E-state index is 13.9. The van der Waals surface area contributed by atoms with Gasteiger partial charge in [0.25, 0.3) is 0 Å². The zero-order chi connectivity index (χ0) is 14.8. The van der Waals surface area contributed by atoms with Crippen LogP contribution in [0.4, 0.5) is 10.1 Å². The topological polar surface area (TPSA) is 45.2 Å². The highest BCUT2D eigenvalue weighted by Crippen LogP contribution is 2.27. The highest BCUT2D eigenvalue weighted by Gasteiger charge is 2.12. The molecule has 1 atom stereocenters. The van der Waals surface area contributed by atoms with Gasteiger partial charge in [-0.05, 0) is 25.1 Å². The summed E-state index contributed by atoms with van der Waals surface area (Å²) in [4.78, 5) is 4.37. The highest BCUT2D eigenvalue weighted by molar-refractivity contribution is 5.90. The van der Waals surface area contributed by atoms with Crippen molar-refractivity contribution in [2.24, 2.45) is 0 Å². The summed E-state index contributed by atoms with van der Waals surface area (Å²) in [5.41, 5.74) is 2.21. The predicted octanol–water partition coefficient (Wildman–Crippen LogP) is 4.25. The molecule has 3 rings (SSSR count). The number of hydrogen-bond acceptors (Lipinski definition) is 3. The molecule has 3 aromatic rings. The van der Waals surface area contributed by atoms with Crippen LogP contribution in [0, 0.1) is 5.82 Å². The second-order valence-corrected chi connectivity index (χ2v) is 4.95. The van der Waals surface area contributed by atoms with Gasteiger partial charge in [-0.15, -0.1) is 0 Å². The summed E-state index contributed by atoms with van der Waals surface area (Å²) in [6, 6.07) is 13.7. The summed E-state index contributed by atoms with van der Waals surface area (Å²) < 4.78 is 13.9. The summed E-state index contributed by atoms with van der Waals surface area (Å²) in [5, 5.41) is 13.6. The Kier molecular flexibility index (Phi) is 3.44. The second-order valence-electron chi connectivity index (χ2n) is 4.95. The van der Waals surface area contributed by atoms with E-state index in [9.17, 15) is 9.50 Å². The molecule has 0 aliphatic heterocycles. The lowest BCUT2D eigenvalue weighted by atomic mass is 10.1. The molecule has 1 unspecified atom stereocenters. The zero-order valence-electron chi connectivity index (χ0n) is 11.5. The summed E-state index contributed by atoms with van der Waals surface area (Å²) in [7, 11) is 0. The number of benzene rings is 2. The van der Waals surface area contributed by atoms with Crippen molar-refractivity contribution in [3.05, 3.63) is 66.1 Å². The lowest BCUT2D eigenvalue weighted by molar-refractivity contribution is 0.467. The van der Waals surface area contributed by atoms with Crippen LogP contribution in [0.2, 0.25) is 0 Å². The fraction of sp³-hybridized carbons (Fsp3) is 0.118. The Balaban J connectivity index is 1.94. The Hall–Kier alpha value is -2.62. The van der Waals surface area contributed by atoms with Gasteiger partial charge in [-0.2, -0.15) is 0 Å². The molecule has 0 fully saturated rings. The van der Waals surface area contributed by atoms with E-state index in [1.165, 1.54) is 6.07 Å². The molecule has 4 heteroatoms. The molecule has 106 valence electrons. The van der Waals surface area contributed by atoms with Gasteiger partial charge in [0.15, 0.2) is 0 Å². The van der Waals surface area contributed by atoms with Crippen LogP contribution < -0.4 is 5.32 Å². The van der Waals surface area contributed by atoms with Crippen molar-refractivity contribution < 1.29 is 9.50 Å². The van der Waals surface area contributed by atoms with E-state index in [0.29, 0.717) is 5.56 Å². The maximum Gasteiger partial charge on any atom is 0.132 e. The standard InChI is InChI=1S/C17H15FN2O/c1-11(14-8-7-13(21)10-15(14)18)20-16-6-2-4-12-5-3-9-19-17(12)16/h2-11,20-21H,1H3. The molecule has 0 radical (unpaired) electrons. The van der Waals surface area contributed by atoms with E-state index in [4.69, 9.17) is 0 Å². The number of para-hydroxylation sites is 1. The summed E-state index contributed by atoms with van der Waals surface area (Å²) in [6.45, 7) is 1.87. The molecule has 0 bridgehead atoms. The number of phenolic OH excluding ortho intramolecular Hbond substituents is 1. The lowest BCUT2D eigenvalue weighted by Gasteiger charge is -2.17. The van der Waals surface area contributed by atoms with Gasteiger partial charge in [0.1, 0.15) is 11.6 Å². The van der Waals surface area contributed by atoms with Gasteiger partial charge in [0.2, 0.25) is 0 Å². The minimum atomic E-state index is -0.428. The summed E-state index contributed by atoms with van der Waals surface area (Å²) >= 11 is 0. The maximum atomic E-state index is 13.9. The van der Waals surface area contributed by atoms with Crippen LogP contribution in [-0.2, 0) is 0 Å². The highest BCUT2D eigenvalue weighted by atomic mass is 19.1. The molecule has 0 spiro atoms. The molecular formula is C17H15FN2O. The molecule has 0 amide bonds. The monoisotopic (exact) mass is 282 g/mol. The number of rotatable bonds is 3. The summed E-state index contributed by atoms with van der Waals surface area (Å²) in [6.07, 6.45) is 1.74. The largest absolute Gasteiger partial charge is 0.508 e. The zero-order valence-corrected chi connectivity index (χ0v) is 11.5. The number of anilines is 1. The van der Waals surface area contributed by atoms with Gasteiger partial charge in [0.05, 0.1) is 17.2 Å². The Morgan fingerprint density at radius 1 is 1.14 bits per heavy atom. The number of aromatic hydroxyl groups is 1. The van der Waals surface area contributed by atoms with E-state index in [1.54, 1.807) is 12.3 Å². The van der Waals surface area contributed by atoms with E-state index in [-0.39, 0.29) is 11.8 Å². The molecule has 3 nitrogen and oxygen atoms in total. The van der Waals surface area contributed by atoms with Gasteiger partial charge in [-0.1, -0.05) is 24.3 Å². The third-order valence-corrected chi connectivity index (χ3v) is 3.46. The van der Waals surface area contributed by atoms with E-state index < -0.39 is 5.82 Å². The smallest absolute Gasteiger partial charge is 0.132 e. The fourth-order valence-corrected chi connectivity index (χ4v) is 2.40. The number of nitrogens with zero attached hydrogens (tertiary/aromatic N) is 1. The Morgan fingerprint density at radius 3 is 2.76 bits per heavy atom. The summed E-state index contributed by atoms with van der Waals surface area (Å²) in [5.74, 6) is -0.501. The fourth-order valence-electron chi connectivity index (χ4n) is 2.40. The average molecular weight is 282 g/mol. The Bertz CT molecular complexity index is 783. The molecular weight excluding hydrogens is 267 g/mol. The number of aromatic nitrogens is 1. The van der Waals surface area contributed by atoms with Crippen molar-refractivity contribution in [3.63, 3.8) is 0 Å². The van der Waals surface area contributed by atoms with Gasteiger partial charge in [0, 0.05) is 23.2 Å². The molecule has 0 saturated heterocycles. The number of hydrogen-bond donors (Lipinski definition) is 2. The van der Waals surface area contributed by atoms with Gasteiger partial charge in [-0.25, -0.2) is 4.39 Å². The molecule has 2 aromatic carbocycles. The van der Waals surface area contributed by atoms with Crippen LogP contribution in [0.5, 0.6) is 5.75 Å². The van der Waals surface area contributed by atoms with Crippen molar-refractivity contribution in [2.75, 3.05) is 5.32 Å². The first-order chi connectivity index (χ1) is 10.1. The van der Waals surface area contributed by atoms with Crippen molar-refractivity contribution in [2.45, 2.75) is 13.0 Å². The SMILES string of the molecule is CC(Nc1cccc2cccnc12)c1ccc(O)cc1F. The van der Waals surface area contributed by atoms with Crippen LogP contribution in [-0.4, -0.2) is 10.1 Å². The number of nitrogens with one attached hydrogen (secondary N) is 1. The van der Waals surface area contributed by atoms with Gasteiger partial charge < -0.3 is 10.4 Å². The van der Waals surface area contributed by atoms with Crippen LogP contribution in [0.25, 0.3) is 10.9 Å². The number of phenols is 1. The van der Waals surface area contributed by atoms with Crippen molar-refractivity contribution >= 4 is 16.6 Å². The van der Waals surface area contributed by atoms with Crippen LogP contribution in [0.15, 0.2) is 54.7 Å². The van der Waals surface area contributed by atoms with Gasteiger partial charge in [-0.3, -0.25) is 4.98 Å². The lowest BCUT2D eigenvalue weighted by Crippen LogP contribution is -2.09. The van der Waals surface area contributed by atoms with Gasteiger partial charge >= 0.3 is 0 Å². The van der Waals surface area contributed by atoms with E-state index in [1.807, 2.05) is 37.3 Å². The van der Waals surface area contributed by atoms with Crippen LogP contribution in [0.3, 0.4) is 0 Å². The molecule has 2 N–H and O–H groups in total. The molecule has 0 aliphatic rings. The van der Waals surface area contributed by atoms with E-state index in [2.05, 4.69) is 10.3 Å². The van der Waals surface area contributed by atoms with Crippen LogP contribution in [0.1, 0.15) is 18.5 Å². The molecule has 1 aromatic heterocycles.